The second-order valence-corrected chi connectivity index (χ2v) is 7.31. The Morgan fingerprint density at radius 2 is 2.00 bits per heavy atom. The first-order valence-electron chi connectivity index (χ1n) is 8.11. The smallest absolute Gasteiger partial charge is 0.312 e. The molecule has 0 spiro atoms. The van der Waals surface area contributed by atoms with Crippen molar-refractivity contribution in [2.75, 3.05) is 19.0 Å². The molecule has 142 valence electrons. The van der Waals surface area contributed by atoms with Crippen molar-refractivity contribution in [3.05, 3.63) is 52.3 Å². The van der Waals surface area contributed by atoms with E-state index < -0.39 is 18.5 Å². The molecular weight excluding hydrogens is 398 g/mol. The van der Waals surface area contributed by atoms with Crippen molar-refractivity contribution < 1.29 is 19.1 Å². The third-order valence-corrected chi connectivity index (χ3v) is 5.39. The summed E-state index contributed by atoms with van der Waals surface area (Å²) in [4.78, 5) is 28.3. The monoisotopic (exact) mass is 413 g/mol. The van der Waals surface area contributed by atoms with Gasteiger partial charge in [0.25, 0.3) is 5.91 Å². The Morgan fingerprint density at radius 1 is 1.21 bits per heavy atom. The summed E-state index contributed by atoms with van der Waals surface area (Å²) in [6.45, 7) is -0.420. The lowest BCUT2D eigenvalue weighted by Gasteiger charge is -2.04. The van der Waals surface area contributed by atoms with Gasteiger partial charge in [-0.25, -0.2) is 4.98 Å². The van der Waals surface area contributed by atoms with Gasteiger partial charge in [-0.2, -0.15) is 5.26 Å². The quantitative estimate of drug-likeness (QED) is 0.595. The first kappa shape index (κ1) is 19.5. The number of carbonyl (C=O) groups is 2. The zero-order chi connectivity index (χ0) is 19.9. The minimum absolute atomic E-state index is 0.0254. The van der Waals surface area contributed by atoms with Gasteiger partial charge in [0.2, 0.25) is 0 Å². The fourth-order valence-corrected chi connectivity index (χ4v) is 3.84. The average molecular weight is 413 g/mol. The molecule has 1 N–H and O–H groups in total. The number of nitrogens with one attached hydrogen (secondary N) is 1. The molecule has 0 fully saturated rings. The van der Waals surface area contributed by atoms with Gasteiger partial charge in [0.15, 0.2) is 6.61 Å². The molecule has 0 saturated carbocycles. The maximum absolute atomic E-state index is 12.0. The van der Waals surface area contributed by atoms with Gasteiger partial charge in [0.1, 0.15) is 21.8 Å². The topological polar surface area (TPSA) is 101 Å². The van der Waals surface area contributed by atoms with E-state index in [9.17, 15) is 9.59 Å². The van der Waals surface area contributed by atoms with Crippen LogP contribution in [0, 0.1) is 11.3 Å². The summed E-state index contributed by atoms with van der Waals surface area (Å²) in [5.74, 6) is -0.287. The molecule has 1 amide bonds. The number of methoxy groups -OCH3 is 1. The van der Waals surface area contributed by atoms with Crippen LogP contribution in [0.2, 0.25) is 0 Å². The molecule has 3 aromatic rings. The predicted molar refractivity (Wildman–Crippen MR) is 106 cm³/mol. The molecule has 0 unspecified atom stereocenters. The summed E-state index contributed by atoms with van der Waals surface area (Å²) in [6, 6.07) is 11.1. The Labute approximate surface area is 169 Å². The van der Waals surface area contributed by atoms with Crippen LogP contribution in [0.5, 0.6) is 5.75 Å². The zero-order valence-corrected chi connectivity index (χ0v) is 16.4. The molecule has 0 aliphatic carbocycles. The van der Waals surface area contributed by atoms with Crippen LogP contribution in [-0.2, 0) is 20.7 Å². The standard InChI is InChI=1S/C19H15N3O4S2/c1-25-15-4-2-12(3-5-15)18-21-14(11-28-18)8-17(24)26-10-16(23)22-19-13(9-20)6-7-27-19/h2-7,11H,8,10H2,1H3,(H,22,23). The SMILES string of the molecule is COc1ccc(-c2nc(CC(=O)OCC(=O)Nc3sccc3C#N)cs2)cc1. The number of nitriles is 1. The van der Waals surface area contributed by atoms with Crippen LogP contribution < -0.4 is 10.1 Å². The summed E-state index contributed by atoms with van der Waals surface area (Å²) in [6.07, 6.45) is -0.0254. The van der Waals surface area contributed by atoms with Gasteiger partial charge in [-0.3, -0.25) is 9.59 Å². The molecule has 2 aromatic heterocycles. The van der Waals surface area contributed by atoms with E-state index in [1.54, 1.807) is 23.9 Å². The van der Waals surface area contributed by atoms with E-state index in [1.165, 1.54) is 22.7 Å². The lowest BCUT2D eigenvalue weighted by Crippen LogP contribution is -2.21. The molecule has 0 aliphatic heterocycles. The van der Waals surface area contributed by atoms with E-state index in [-0.39, 0.29) is 6.42 Å². The van der Waals surface area contributed by atoms with Gasteiger partial charge < -0.3 is 14.8 Å². The lowest BCUT2D eigenvalue weighted by atomic mass is 10.2. The first-order chi connectivity index (χ1) is 13.6. The second-order valence-electron chi connectivity index (χ2n) is 5.53. The first-order valence-corrected chi connectivity index (χ1v) is 9.87. The number of amides is 1. The van der Waals surface area contributed by atoms with Crippen molar-refractivity contribution >= 4 is 39.6 Å². The van der Waals surface area contributed by atoms with E-state index in [2.05, 4.69) is 10.3 Å². The molecule has 0 bridgehead atoms. The number of benzene rings is 1. The summed E-state index contributed by atoms with van der Waals surface area (Å²) in [7, 11) is 1.60. The summed E-state index contributed by atoms with van der Waals surface area (Å²) >= 11 is 2.65. The number of carbonyl (C=O) groups excluding carboxylic acids is 2. The van der Waals surface area contributed by atoms with Crippen LogP contribution in [0.4, 0.5) is 5.00 Å². The maximum Gasteiger partial charge on any atom is 0.312 e. The Hall–Kier alpha value is -3.22. The Morgan fingerprint density at radius 3 is 2.71 bits per heavy atom. The number of thiazole rings is 1. The highest BCUT2D eigenvalue weighted by Crippen LogP contribution is 2.26. The molecule has 0 aliphatic rings. The van der Waals surface area contributed by atoms with Crippen molar-refractivity contribution in [1.82, 2.24) is 4.98 Å². The largest absolute Gasteiger partial charge is 0.497 e. The molecule has 2 heterocycles. The van der Waals surface area contributed by atoms with Crippen LogP contribution in [0.3, 0.4) is 0 Å². The van der Waals surface area contributed by atoms with E-state index in [1.807, 2.05) is 30.3 Å². The molecule has 0 saturated heterocycles. The third-order valence-electron chi connectivity index (χ3n) is 3.62. The molecule has 0 atom stereocenters. The second kappa shape index (κ2) is 9.12. The Bertz CT molecular complexity index is 1020. The van der Waals surface area contributed by atoms with Gasteiger partial charge in [0, 0.05) is 10.9 Å². The number of hydrogen-bond acceptors (Lipinski definition) is 8. The van der Waals surface area contributed by atoms with Crippen LogP contribution in [0.15, 0.2) is 41.1 Å². The minimum atomic E-state index is -0.548. The van der Waals surface area contributed by atoms with Crippen molar-refractivity contribution in [2.45, 2.75) is 6.42 Å². The van der Waals surface area contributed by atoms with E-state index in [4.69, 9.17) is 14.7 Å². The number of ether oxygens (including phenoxy) is 2. The molecular formula is C19H15N3O4S2. The Balaban J connectivity index is 1.50. The van der Waals surface area contributed by atoms with E-state index >= 15 is 0 Å². The van der Waals surface area contributed by atoms with E-state index in [0.29, 0.717) is 16.3 Å². The Kier molecular flexibility index (Phi) is 6.37. The number of esters is 1. The van der Waals surface area contributed by atoms with Gasteiger partial charge in [-0.1, -0.05) is 0 Å². The molecule has 1 aromatic carbocycles. The number of anilines is 1. The molecule has 28 heavy (non-hydrogen) atoms. The van der Waals surface area contributed by atoms with Crippen molar-refractivity contribution in [3.63, 3.8) is 0 Å². The zero-order valence-electron chi connectivity index (χ0n) is 14.8. The number of nitrogens with zero attached hydrogens (tertiary/aromatic N) is 2. The van der Waals surface area contributed by atoms with Gasteiger partial charge in [0.05, 0.1) is 24.8 Å². The van der Waals surface area contributed by atoms with E-state index in [0.717, 1.165) is 16.3 Å². The molecule has 9 heteroatoms. The van der Waals surface area contributed by atoms with Crippen molar-refractivity contribution in [2.24, 2.45) is 0 Å². The highest BCUT2D eigenvalue weighted by Gasteiger charge is 2.13. The number of aromatic nitrogens is 1. The summed E-state index contributed by atoms with van der Waals surface area (Å²) < 4.78 is 10.1. The minimum Gasteiger partial charge on any atom is -0.497 e. The summed E-state index contributed by atoms with van der Waals surface area (Å²) in [5, 5.41) is 16.2. The predicted octanol–water partition coefficient (Wildman–Crippen LogP) is 3.48. The highest BCUT2D eigenvalue weighted by molar-refractivity contribution is 7.14. The van der Waals surface area contributed by atoms with Crippen molar-refractivity contribution in [3.8, 4) is 22.4 Å². The van der Waals surface area contributed by atoms with Crippen LogP contribution >= 0.6 is 22.7 Å². The number of hydrogen-bond donors (Lipinski definition) is 1. The van der Waals surface area contributed by atoms with Gasteiger partial charge in [-0.15, -0.1) is 22.7 Å². The van der Waals surface area contributed by atoms with Gasteiger partial charge >= 0.3 is 5.97 Å². The fourth-order valence-electron chi connectivity index (χ4n) is 2.26. The number of rotatable bonds is 7. The van der Waals surface area contributed by atoms with Crippen LogP contribution in [0.1, 0.15) is 11.3 Å². The highest BCUT2D eigenvalue weighted by atomic mass is 32.1. The number of thiophene rings is 1. The van der Waals surface area contributed by atoms with Crippen LogP contribution in [0.25, 0.3) is 10.6 Å². The average Bonchev–Trinajstić information content (AvgIpc) is 3.35. The summed E-state index contributed by atoms with van der Waals surface area (Å²) in [5.41, 5.74) is 1.87. The third kappa shape index (κ3) is 4.94. The van der Waals surface area contributed by atoms with Crippen LogP contribution in [-0.4, -0.2) is 30.6 Å². The lowest BCUT2D eigenvalue weighted by molar-refractivity contribution is -0.146. The van der Waals surface area contributed by atoms with Crippen molar-refractivity contribution in [1.29, 1.82) is 5.26 Å². The molecule has 3 rings (SSSR count). The fraction of sp³-hybridized carbons (Fsp3) is 0.158. The normalized spacial score (nSPS) is 10.1. The van der Waals surface area contributed by atoms with Gasteiger partial charge in [-0.05, 0) is 35.7 Å². The molecule has 7 nitrogen and oxygen atoms in total. The molecule has 0 radical (unpaired) electrons. The maximum atomic E-state index is 12.0.